The number of hydrogen-bond acceptors (Lipinski definition) is 2. The molecule has 0 radical (unpaired) electrons. The summed E-state index contributed by atoms with van der Waals surface area (Å²) in [6.45, 7) is 6.30. The molecule has 0 saturated carbocycles. The molecule has 1 aromatic rings. The summed E-state index contributed by atoms with van der Waals surface area (Å²) in [6, 6.07) is 5.62. The maximum absolute atomic E-state index is 11.3. The second kappa shape index (κ2) is 4.27. The van der Waals surface area contributed by atoms with Crippen molar-refractivity contribution in [3.63, 3.8) is 0 Å². The van der Waals surface area contributed by atoms with Crippen LogP contribution in [0.5, 0.6) is 5.75 Å². The molecular weight excluding hydrogens is 208 g/mol. The molecule has 0 spiro atoms. The van der Waals surface area contributed by atoms with Gasteiger partial charge in [0.1, 0.15) is 5.75 Å². The van der Waals surface area contributed by atoms with Crippen molar-refractivity contribution in [2.24, 2.45) is 0 Å². The van der Waals surface area contributed by atoms with Gasteiger partial charge in [-0.1, -0.05) is 26.8 Å². The maximum atomic E-state index is 11.3. The summed E-state index contributed by atoms with van der Waals surface area (Å²) >= 11 is 3.84. The van der Waals surface area contributed by atoms with Crippen LogP contribution in [0.25, 0.3) is 0 Å². The summed E-state index contributed by atoms with van der Waals surface area (Å²) < 4.78 is 5.10. The zero-order valence-corrected chi connectivity index (χ0v) is 10.4. The normalized spacial score (nSPS) is 11.3. The Labute approximate surface area is 96.1 Å². The van der Waals surface area contributed by atoms with E-state index in [1.54, 1.807) is 7.11 Å². The summed E-state index contributed by atoms with van der Waals surface area (Å²) in [6.07, 6.45) is 0. The lowest BCUT2D eigenvalue weighted by Gasteiger charge is -2.20. The Hall–Kier alpha value is -0.960. The molecule has 82 valence electrons. The van der Waals surface area contributed by atoms with Gasteiger partial charge >= 0.3 is 0 Å². The van der Waals surface area contributed by atoms with Crippen molar-refractivity contribution in [1.29, 1.82) is 0 Å². The highest BCUT2D eigenvalue weighted by atomic mass is 32.1. The number of methoxy groups -OCH3 is 1. The molecular formula is C12H16O2S. The van der Waals surface area contributed by atoms with Gasteiger partial charge < -0.3 is 4.74 Å². The molecule has 0 aliphatic heterocycles. The van der Waals surface area contributed by atoms with Gasteiger partial charge in [-0.15, -0.1) is 12.6 Å². The zero-order valence-electron chi connectivity index (χ0n) is 9.50. The molecule has 0 fully saturated rings. The van der Waals surface area contributed by atoms with Gasteiger partial charge in [0.25, 0.3) is 0 Å². The van der Waals surface area contributed by atoms with Crippen molar-refractivity contribution in [3.8, 4) is 5.75 Å². The van der Waals surface area contributed by atoms with Crippen LogP contribution in [0.15, 0.2) is 18.2 Å². The number of carbonyl (C=O) groups excluding carboxylic acids is 1. The molecule has 1 aromatic carbocycles. The first-order valence-corrected chi connectivity index (χ1v) is 5.23. The van der Waals surface area contributed by atoms with E-state index in [9.17, 15) is 4.79 Å². The highest BCUT2D eigenvalue weighted by Gasteiger charge is 2.17. The molecule has 0 aliphatic rings. The molecule has 1 rings (SSSR count). The quantitative estimate of drug-likeness (QED) is 0.781. The predicted octanol–water partition coefficient (Wildman–Crippen LogP) is 3.06. The Morgan fingerprint density at radius 2 is 1.93 bits per heavy atom. The molecule has 3 heteroatoms. The van der Waals surface area contributed by atoms with E-state index < -0.39 is 0 Å². The summed E-state index contributed by atoms with van der Waals surface area (Å²) in [5.41, 5.74) is 1.64. The van der Waals surface area contributed by atoms with E-state index >= 15 is 0 Å². The van der Waals surface area contributed by atoms with Gasteiger partial charge in [0, 0.05) is 0 Å². The number of thiol groups is 1. The molecule has 0 bridgehead atoms. The third kappa shape index (κ3) is 2.75. The molecule has 0 saturated heterocycles. The predicted molar refractivity (Wildman–Crippen MR) is 65.0 cm³/mol. The summed E-state index contributed by atoms with van der Waals surface area (Å²) in [5.74, 6) is 0.572. The van der Waals surface area contributed by atoms with Crippen molar-refractivity contribution in [2.45, 2.75) is 26.2 Å². The van der Waals surface area contributed by atoms with Crippen LogP contribution in [0.4, 0.5) is 0 Å². The van der Waals surface area contributed by atoms with Gasteiger partial charge in [0.05, 0.1) is 12.7 Å². The fourth-order valence-electron chi connectivity index (χ4n) is 1.34. The minimum atomic E-state index is -0.266. The van der Waals surface area contributed by atoms with Gasteiger partial charge in [0.2, 0.25) is 5.12 Å². The van der Waals surface area contributed by atoms with Crippen LogP contribution in [0.2, 0.25) is 0 Å². The fraction of sp³-hybridized carbons (Fsp3) is 0.417. The van der Waals surface area contributed by atoms with Gasteiger partial charge in [0.15, 0.2) is 0 Å². The van der Waals surface area contributed by atoms with Crippen LogP contribution in [0, 0.1) is 0 Å². The second-order valence-corrected chi connectivity index (χ2v) is 4.88. The maximum Gasteiger partial charge on any atom is 0.220 e. The minimum Gasteiger partial charge on any atom is -0.496 e. The summed E-state index contributed by atoms with van der Waals surface area (Å²) in [4.78, 5) is 11.3. The van der Waals surface area contributed by atoms with E-state index in [0.29, 0.717) is 11.3 Å². The molecule has 0 heterocycles. The van der Waals surface area contributed by atoms with Crippen molar-refractivity contribution < 1.29 is 9.53 Å². The molecule has 15 heavy (non-hydrogen) atoms. The van der Waals surface area contributed by atoms with Crippen molar-refractivity contribution in [2.75, 3.05) is 7.11 Å². The van der Waals surface area contributed by atoms with E-state index in [2.05, 4.69) is 33.4 Å². The Morgan fingerprint density at radius 1 is 1.33 bits per heavy atom. The summed E-state index contributed by atoms with van der Waals surface area (Å²) in [5, 5.41) is -0.266. The van der Waals surface area contributed by atoms with Gasteiger partial charge in [-0.25, -0.2) is 0 Å². The van der Waals surface area contributed by atoms with Crippen LogP contribution < -0.4 is 4.74 Å². The van der Waals surface area contributed by atoms with Crippen LogP contribution in [0.3, 0.4) is 0 Å². The van der Waals surface area contributed by atoms with E-state index in [4.69, 9.17) is 4.74 Å². The Kier molecular flexibility index (Phi) is 3.45. The highest BCUT2D eigenvalue weighted by Crippen LogP contribution is 2.28. The van der Waals surface area contributed by atoms with Crippen LogP contribution >= 0.6 is 12.6 Å². The fourth-order valence-corrected chi connectivity index (χ4v) is 1.52. The first kappa shape index (κ1) is 12.1. The molecule has 2 nitrogen and oxygen atoms in total. The Morgan fingerprint density at radius 3 is 2.33 bits per heavy atom. The molecule has 0 amide bonds. The topological polar surface area (TPSA) is 26.3 Å². The smallest absolute Gasteiger partial charge is 0.220 e. The first-order valence-electron chi connectivity index (χ1n) is 4.78. The molecule has 0 N–H and O–H groups in total. The zero-order chi connectivity index (χ0) is 11.6. The lowest BCUT2D eigenvalue weighted by molar-refractivity contribution is 0.108. The third-order valence-corrected chi connectivity index (χ3v) is 2.54. The number of carbonyl (C=O) groups is 1. The second-order valence-electron chi connectivity index (χ2n) is 4.47. The van der Waals surface area contributed by atoms with Crippen LogP contribution in [-0.4, -0.2) is 12.2 Å². The SMILES string of the molecule is COc1ccc(C(C)(C)C)cc1C(=O)S. The standard InChI is InChI=1S/C12H16O2S/c1-12(2,3)8-5-6-10(14-4)9(7-8)11(13)15/h5-7H,1-4H3,(H,13,15). The highest BCUT2D eigenvalue weighted by molar-refractivity contribution is 7.97. The molecule has 0 atom stereocenters. The van der Waals surface area contributed by atoms with E-state index in [1.165, 1.54) is 0 Å². The monoisotopic (exact) mass is 224 g/mol. The first-order chi connectivity index (χ1) is 6.86. The lowest BCUT2D eigenvalue weighted by atomic mass is 9.86. The molecule has 0 aliphatic carbocycles. The van der Waals surface area contributed by atoms with E-state index in [-0.39, 0.29) is 10.5 Å². The van der Waals surface area contributed by atoms with Gasteiger partial charge in [-0.05, 0) is 23.1 Å². The Bertz CT molecular complexity index is 378. The van der Waals surface area contributed by atoms with Gasteiger partial charge in [-0.2, -0.15) is 0 Å². The van der Waals surface area contributed by atoms with Crippen LogP contribution in [-0.2, 0) is 5.41 Å². The number of benzene rings is 1. The number of ether oxygens (including phenoxy) is 1. The van der Waals surface area contributed by atoms with Crippen molar-refractivity contribution >= 4 is 17.7 Å². The van der Waals surface area contributed by atoms with Crippen molar-refractivity contribution in [1.82, 2.24) is 0 Å². The van der Waals surface area contributed by atoms with Crippen molar-refractivity contribution in [3.05, 3.63) is 29.3 Å². The molecule has 0 unspecified atom stereocenters. The Balaban J connectivity index is 3.28. The minimum absolute atomic E-state index is 0.0181. The van der Waals surface area contributed by atoms with Crippen LogP contribution in [0.1, 0.15) is 36.7 Å². The van der Waals surface area contributed by atoms with E-state index in [1.807, 2.05) is 18.2 Å². The van der Waals surface area contributed by atoms with E-state index in [0.717, 1.165) is 5.56 Å². The molecule has 0 aromatic heterocycles. The van der Waals surface area contributed by atoms with Gasteiger partial charge in [-0.3, -0.25) is 4.79 Å². The third-order valence-electron chi connectivity index (χ3n) is 2.30. The largest absolute Gasteiger partial charge is 0.496 e. The number of hydrogen-bond donors (Lipinski definition) is 1. The number of rotatable bonds is 2. The summed E-state index contributed by atoms with van der Waals surface area (Å²) in [7, 11) is 1.55. The lowest BCUT2D eigenvalue weighted by Crippen LogP contribution is -2.12. The average molecular weight is 224 g/mol. The average Bonchev–Trinajstić information content (AvgIpc) is 2.15.